The van der Waals surface area contributed by atoms with Crippen molar-refractivity contribution in [1.82, 2.24) is 0 Å². The summed E-state index contributed by atoms with van der Waals surface area (Å²) in [5, 5.41) is 8.97. The predicted octanol–water partition coefficient (Wildman–Crippen LogP) is -2.40. The number of aliphatic hydroxyl groups is 1. The first-order valence-corrected chi connectivity index (χ1v) is 3.11. The van der Waals surface area contributed by atoms with Gasteiger partial charge in [0, 0.05) is 6.92 Å². The van der Waals surface area contributed by atoms with Gasteiger partial charge < -0.3 is 17.5 Å². The Labute approximate surface area is 67.4 Å². The Hall–Kier alpha value is 0.500. The van der Waals surface area contributed by atoms with E-state index < -0.39 is 0 Å². The normalized spacial score (nSPS) is 14.3. The maximum absolute atomic E-state index is 8.97. The van der Waals surface area contributed by atoms with E-state index in [9.17, 15) is 0 Å². The molecule has 0 saturated carbocycles. The summed E-state index contributed by atoms with van der Waals surface area (Å²) in [5.74, 6) is 0. The smallest absolute Gasteiger partial charge is 0.188 e. The van der Waals surface area contributed by atoms with Gasteiger partial charge in [-0.1, -0.05) is 11.6 Å². The first kappa shape index (κ1) is 12.2. The molecule has 1 atom stereocenters. The summed E-state index contributed by atoms with van der Waals surface area (Å²) in [4.78, 5) is 0. The predicted molar refractivity (Wildman–Crippen MR) is 34.5 cm³/mol. The van der Waals surface area contributed by atoms with Crippen molar-refractivity contribution < 1.29 is 22.0 Å². The highest BCUT2D eigenvalue weighted by molar-refractivity contribution is 6.16. The van der Waals surface area contributed by atoms with Gasteiger partial charge in [0.05, 0.1) is 14.1 Å². The third-order valence-electron chi connectivity index (χ3n) is 1.32. The lowest BCUT2D eigenvalue weighted by atomic mass is 10.5. The number of halogens is 2. The minimum Gasteiger partial charge on any atom is -1.00 e. The van der Waals surface area contributed by atoms with Gasteiger partial charge in [0.15, 0.2) is 12.2 Å². The van der Waals surface area contributed by atoms with E-state index >= 15 is 0 Å². The molecule has 0 saturated heterocycles. The van der Waals surface area contributed by atoms with Gasteiger partial charge in [-0.25, -0.2) is 0 Å². The first-order chi connectivity index (χ1) is 3.50. The largest absolute Gasteiger partial charge is 1.00 e. The fourth-order valence-electron chi connectivity index (χ4n) is 0.0999. The van der Waals surface area contributed by atoms with Crippen molar-refractivity contribution in [3.8, 4) is 0 Å². The van der Waals surface area contributed by atoms with Crippen LogP contribution in [0.5, 0.6) is 0 Å². The highest BCUT2D eigenvalue weighted by Crippen LogP contribution is 2.03. The molecule has 0 spiro atoms. The van der Waals surface area contributed by atoms with E-state index in [1.54, 1.807) is 6.92 Å². The van der Waals surface area contributed by atoms with Gasteiger partial charge in [-0.2, -0.15) is 0 Å². The molecule has 0 fully saturated rings. The molecule has 2 nitrogen and oxygen atoms in total. The molecular weight excluding hydrogens is 161 g/mol. The van der Waals surface area contributed by atoms with Gasteiger partial charge in [0.2, 0.25) is 0 Å². The van der Waals surface area contributed by atoms with Gasteiger partial charge in [0.25, 0.3) is 0 Å². The number of nitrogens with zero attached hydrogens (tertiary/aromatic N) is 1. The van der Waals surface area contributed by atoms with Crippen molar-refractivity contribution in [3.05, 3.63) is 0 Å². The summed E-state index contributed by atoms with van der Waals surface area (Å²) < 4.78 is 0.446. The standard InChI is InChI=1S/C5H13ClNO.ClH/c1-5(8)7(2,3)4-6;/h5,8H,4H2,1-3H3;1H/q+1;/p-1. The molecule has 0 radical (unpaired) electrons. The van der Waals surface area contributed by atoms with E-state index in [1.807, 2.05) is 14.1 Å². The van der Waals surface area contributed by atoms with Crippen LogP contribution in [0.25, 0.3) is 0 Å². The Morgan fingerprint density at radius 1 is 1.56 bits per heavy atom. The van der Waals surface area contributed by atoms with Crippen LogP contribution in [0.15, 0.2) is 0 Å². The monoisotopic (exact) mass is 173 g/mol. The van der Waals surface area contributed by atoms with Crippen LogP contribution in [0.3, 0.4) is 0 Å². The number of rotatable bonds is 2. The molecule has 1 N–H and O–H groups in total. The Balaban J connectivity index is 0. The van der Waals surface area contributed by atoms with Crippen molar-refractivity contribution in [1.29, 1.82) is 0 Å². The molecule has 58 valence electrons. The highest BCUT2D eigenvalue weighted by Gasteiger charge is 2.18. The Morgan fingerprint density at radius 2 is 1.89 bits per heavy atom. The molecule has 0 aliphatic rings. The second-order valence-electron chi connectivity index (χ2n) is 2.53. The second kappa shape index (κ2) is 4.34. The molecule has 0 aromatic heterocycles. The van der Waals surface area contributed by atoms with E-state index in [1.165, 1.54) is 0 Å². The van der Waals surface area contributed by atoms with Crippen LogP contribution in [0.2, 0.25) is 0 Å². The quantitative estimate of drug-likeness (QED) is 0.214. The average molecular weight is 174 g/mol. The fraction of sp³-hybridized carbons (Fsp3) is 1.00. The molecule has 0 aromatic rings. The van der Waals surface area contributed by atoms with Gasteiger partial charge >= 0.3 is 0 Å². The van der Waals surface area contributed by atoms with Crippen molar-refractivity contribution in [2.75, 3.05) is 20.1 Å². The second-order valence-corrected chi connectivity index (χ2v) is 2.77. The Kier molecular flexibility index (Phi) is 5.88. The molecule has 0 heterocycles. The Morgan fingerprint density at radius 3 is 1.89 bits per heavy atom. The van der Waals surface area contributed by atoms with Gasteiger partial charge in [-0.05, 0) is 0 Å². The first-order valence-electron chi connectivity index (χ1n) is 2.57. The summed E-state index contributed by atoms with van der Waals surface area (Å²) in [6.07, 6.45) is -0.382. The van der Waals surface area contributed by atoms with Crippen LogP contribution in [-0.4, -0.2) is 35.9 Å². The number of alkyl halides is 1. The van der Waals surface area contributed by atoms with E-state index in [0.717, 1.165) is 0 Å². The summed E-state index contributed by atoms with van der Waals surface area (Å²) in [6.45, 7) is 1.72. The minimum atomic E-state index is -0.382. The van der Waals surface area contributed by atoms with Gasteiger partial charge in [-0.3, -0.25) is 4.48 Å². The van der Waals surface area contributed by atoms with Crippen LogP contribution >= 0.6 is 11.6 Å². The van der Waals surface area contributed by atoms with Crippen LogP contribution in [0.4, 0.5) is 0 Å². The summed E-state index contributed by atoms with van der Waals surface area (Å²) in [6, 6.07) is 0.442. The molecule has 0 aromatic carbocycles. The maximum atomic E-state index is 8.97. The minimum absolute atomic E-state index is 0. The fourth-order valence-corrected chi connectivity index (χ4v) is 0.300. The van der Waals surface area contributed by atoms with Crippen LogP contribution < -0.4 is 12.4 Å². The SMILES string of the molecule is CC(O)[N+](C)(C)CCl.[Cl-]. The molecule has 1 unspecified atom stereocenters. The zero-order valence-electron chi connectivity index (χ0n) is 5.93. The molecule has 0 aliphatic heterocycles. The number of hydrogen-bond donors (Lipinski definition) is 1. The third kappa shape index (κ3) is 3.98. The van der Waals surface area contributed by atoms with Gasteiger partial charge in [0.1, 0.15) is 0 Å². The lowest BCUT2D eigenvalue weighted by Gasteiger charge is -2.29. The van der Waals surface area contributed by atoms with Crippen molar-refractivity contribution >= 4 is 11.6 Å². The van der Waals surface area contributed by atoms with E-state index in [-0.39, 0.29) is 18.6 Å². The van der Waals surface area contributed by atoms with Crippen molar-refractivity contribution in [2.45, 2.75) is 13.2 Å². The summed E-state index contributed by atoms with van der Waals surface area (Å²) >= 11 is 5.50. The van der Waals surface area contributed by atoms with E-state index in [2.05, 4.69) is 0 Å². The number of aliphatic hydroxyl groups excluding tert-OH is 1. The molecule has 0 aliphatic carbocycles. The zero-order valence-corrected chi connectivity index (χ0v) is 7.45. The molecule has 4 heteroatoms. The molecule has 9 heavy (non-hydrogen) atoms. The molecular formula is C5H13Cl2NO. The van der Waals surface area contributed by atoms with E-state index in [0.29, 0.717) is 10.5 Å². The zero-order chi connectivity index (χ0) is 6.78. The lowest BCUT2D eigenvalue weighted by molar-refractivity contribution is -0.924. The lowest BCUT2D eigenvalue weighted by Crippen LogP contribution is -3.00. The van der Waals surface area contributed by atoms with Crippen LogP contribution in [-0.2, 0) is 0 Å². The average Bonchev–Trinajstić information content (AvgIpc) is 1.67. The van der Waals surface area contributed by atoms with Crippen molar-refractivity contribution in [2.24, 2.45) is 0 Å². The molecule has 0 amide bonds. The summed E-state index contributed by atoms with van der Waals surface area (Å²) in [5.41, 5.74) is 0. The topological polar surface area (TPSA) is 20.2 Å². The van der Waals surface area contributed by atoms with E-state index in [4.69, 9.17) is 16.7 Å². The van der Waals surface area contributed by atoms with Crippen LogP contribution in [0.1, 0.15) is 6.92 Å². The van der Waals surface area contributed by atoms with Crippen LogP contribution in [0, 0.1) is 0 Å². The number of hydrogen-bond acceptors (Lipinski definition) is 1. The number of quaternary nitrogens is 1. The molecule has 0 bridgehead atoms. The third-order valence-corrected chi connectivity index (χ3v) is 1.94. The maximum Gasteiger partial charge on any atom is 0.188 e. The molecule has 0 rings (SSSR count). The highest BCUT2D eigenvalue weighted by atomic mass is 35.5. The van der Waals surface area contributed by atoms with Gasteiger partial charge in [-0.15, -0.1) is 0 Å². The van der Waals surface area contributed by atoms with Crippen molar-refractivity contribution in [3.63, 3.8) is 0 Å². The Bertz CT molecular complexity index is 75.4. The summed E-state index contributed by atoms with van der Waals surface area (Å²) in [7, 11) is 3.75.